The first kappa shape index (κ1) is 16.0. The van der Waals surface area contributed by atoms with E-state index in [1.165, 1.54) is 18.7 Å². The lowest BCUT2D eigenvalue weighted by molar-refractivity contribution is -0.563. The van der Waals surface area contributed by atoms with Crippen molar-refractivity contribution in [2.24, 2.45) is 0 Å². The Bertz CT molecular complexity index is 719. The fourth-order valence-corrected chi connectivity index (χ4v) is 2.55. The molecule has 1 unspecified atom stereocenters. The molecule has 10 heteroatoms. The number of carbonyl (C=O) groups is 2. The quantitative estimate of drug-likeness (QED) is 0.646. The number of nitrogens with one attached hydrogen (secondary N) is 1. The third-order valence-corrected chi connectivity index (χ3v) is 3.83. The summed E-state index contributed by atoms with van der Waals surface area (Å²) in [5, 5.41) is 13.6. The van der Waals surface area contributed by atoms with E-state index < -0.39 is 22.7 Å². The highest BCUT2D eigenvalue weighted by Crippen LogP contribution is 2.31. The van der Waals surface area contributed by atoms with Gasteiger partial charge in [-0.3, -0.25) is 19.8 Å². The van der Waals surface area contributed by atoms with E-state index in [9.17, 15) is 19.7 Å². The second-order valence-electron chi connectivity index (χ2n) is 6.24. The predicted octanol–water partition coefficient (Wildman–Crippen LogP) is 1.18. The molecular weight excluding hydrogens is 320 g/mol. The van der Waals surface area contributed by atoms with E-state index in [1.54, 1.807) is 12.1 Å². The number of hydrogen-bond donors (Lipinski definition) is 1. The van der Waals surface area contributed by atoms with Gasteiger partial charge in [-0.1, -0.05) is 0 Å². The Morgan fingerprint density at radius 2 is 2.21 bits per heavy atom. The van der Waals surface area contributed by atoms with Crippen LogP contribution in [0.2, 0.25) is 0 Å². The third kappa shape index (κ3) is 2.94. The zero-order chi connectivity index (χ0) is 17.5. The van der Waals surface area contributed by atoms with Gasteiger partial charge in [-0.2, -0.15) is 0 Å². The van der Waals surface area contributed by atoms with Crippen molar-refractivity contribution in [3.05, 3.63) is 22.2 Å². The van der Waals surface area contributed by atoms with Crippen LogP contribution in [0.3, 0.4) is 0 Å². The summed E-state index contributed by atoms with van der Waals surface area (Å²) in [4.78, 5) is 39.5. The van der Waals surface area contributed by atoms with Crippen molar-refractivity contribution in [1.29, 1.82) is 0 Å². The molecule has 1 saturated heterocycles. The van der Waals surface area contributed by atoms with Crippen LogP contribution in [-0.2, 0) is 9.53 Å². The van der Waals surface area contributed by atoms with Gasteiger partial charge in [-0.15, -0.1) is 0 Å². The van der Waals surface area contributed by atoms with Gasteiger partial charge in [-0.05, 0) is 12.1 Å². The molecule has 0 saturated carbocycles. The SMILES string of the molecule is CC(C)(CC1CN(c2ccc3c(n2)NC(=O)CO3)C(=O)O1)[N+](=O)[O-]. The maximum atomic E-state index is 12.0. The van der Waals surface area contributed by atoms with Crippen LogP contribution in [0.25, 0.3) is 0 Å². The molecular formula is C14H16N4O6. The molecule has 1 aromatic rings. The van der Waals surface area contributed by atoms with Crippen LogP contribution in [0.4, 0.5) is 16.4 Å². The summed E-state index contributed by atoms with van der Waals surface area (Å²) in [6.45, 7) is 3.02. The van der Waals surface area contributed by atoms with Crippen LogP contribution in [0.1, 0.15) is 20.3 Å². The summed E-state index contributed by atoms with van der Waals surface area (Å²) in [7, 11) is 0. The van der Waals surface area contributed by atoms with Crippen molar-refractivity contribution in [2.45, 2.75) is 31.9 Å². The molecule has 128 valence electrons. The standard InChI is InChI=1S/C14H16N4O6/c1-14(2,18(21)22)5-8-6-17(13(20)24-8)10-4-3-9-12(15-10)16-11(19)7-23-9/h3-4,8H,5-7H2,1-2H3,(H,15,16,19). The topological polar surface area (TPSA) is 124 Å². The normalized spacial score (nSPS) is 20.1. The van der Waals surface area contributed by atoms with Crippen LogP contribution in [0.15, 0.2) is 12.1 Å². The number of aromatic nitrogens is 1. The predicted molar refractivity (Wildman–Crippen MR) is 81.7 cm³/mol. The Morgan fingerprint density at radius 1 is 1.46 bits per heavy atom. The number of rotatable bonds is 4. The molecule has 0 spiro atoms. The Morgan fingerprint density at radius 3 is 2.92 bits per heavy atom. The van der Waals surface area contributed by atoms with E-state index in [1.807, 2.05) is 0 Å². The van der Waals surface area contributed by atoms with Gasteiger partial charge >= 0.3 is 6.09 Å². The van der Waals surface area contributed by atoms with E-state index >= 15 is 0 Å². The lowest BCUT2D eigenvalue weighted by Crippen LogP contribution is -2.36. The Kier molecular flexibility index (Phi) is 3.74. The van der Waals surface area contributed by atoms with Crippen LogP contribution in [-0.4, -0.2) is 46.7 Å². The molecule has 3 rings (SSSR count). The van der Waals surface area contributed by atoms with E-state index in [0.29, 0.717) is 5.75 Å². The highest BCUT2D eigenvalue weighted by Gasteiger charge is 2.41. The smallest absolute Gasteiger partial charge is 0.415 e. The molecule has 0 aromatic carbocycles. The average Bonchev–Trinajstić information content (AvgIpc) is 2.86. The zero-order valence-corrected chi connectivity index (χ0v) is 13.1. The van der Waals surface area contributed by atoms with Crippen LogP contribution >= 0.6 is 0 Å². The van der Waals surface area contributed by atoms with E-state index in [2.05, 4.69) is 10.3 Å². The van der Waals surface area contributed by atoms with Gasteiger partial charge in [0, 0.05) is 18.8 Å². The molecule has 0 aliphatic carbocycles. The summed E-state index contributed by atoms with van der Waals surface area (Å²) in [6, 6.07) is 3.16. The van der Waals surface area contributed by atoms with Gasteiger partial charge in [-0.25, -0.2) is 9.78 Å². The minimum absolute atomic E-state index is 0.0855. The summed E-state index contributed by atoms with van der Waals surface area (Å²) in [5.41, 5.74) is -1.20. The number of anilines is 2. The van der Waals surface area contributed by atoms with E-state index in [-0.39, 0.29) is 37.1 Å². The molecule has 2 aliphatic rings. The second-order valence-corrected chi connectivity index (χ2v) is 6.24. The lowest BCUT2D eigenvalue weighted by Gasteiger charge is -2.20. The van der Waals surface area contributed by atoms with Crippen molar-refractivity contribution in [3.8, 4) is 5.75 Å². The fourth-order valence-electron chi connectivity index (χ4n) is 2.55. The van der Waals surface area contributed by atoms with Crippen molar-refractivity contribution >= 4 is 23.6 Å². The Hall–Kier alpha value is -2.91. The van der Waals surface area contributed by atoms with Crippen molar-refractivity contribution in [3.63, 3.8) is 0 Å². The summed E-state index contributed by atoms with van der Waals surface area (Å²) in [6.07, 6.45) is -1.15. The first-order valence-corrected chi connectivity index (χ1v) is 7.32. The minimum atomic E-state index is -1.20. The largest absolute Gasteiger partial charge is 0.480 e. The number of carbonyl (C=O) groups excluding carboxylic acids is 2. The number of nitro groups is 1. The maximum absolute atomic E-state index is 12.0. The van der Waals surface area contributed by atoms with E-state index in [0.717, 1.165) is 0 Å². The highest BCUT2D eigenvalue weighted by atomic mass is 16.6. The minimum Gasteiger partial charge on any atom is -0.480 e. The molecule has 1 fully saturated rings. The van der Waals surface area contributed by atoms with Gasteiger partial charge in [0.1, 0.15) is 11.9 Å². The van der Waals surface area contributed by atoms with Gasteiger partial charge in [0.15, 0.2) is 18.2 Å². The van der Waals surface area contributed by atoms with Gasteiger partial charge in [0.25, 0.3) is 5.91 Å². The Labute approximate surface area is 136 Å². The first-order valence-electron chi connectivity index (χ1n) is 7.32. The van der Waals surface area contributed by atoms with Gasteiger partial charge in [0.2, 0.25) is 5.54 Å². The molecule has 0 bridgehead atoms. The molecule has 24 heavy (non-hydrogen) atoms. The van der Waals surface area contributed by atoms with Crippen LogP contribution in [0, 0.1) is 10.1 Å². The third-order valence-electron chi connectivity index (χ3n) is 3.83. The van der Waals surface area contributed by atoms with Crippen molar-refractivity contribution in [2.75, 3.05) is 23.4 Å². The molecule has 1 N–H and O–H groups in total. The summed E-state index contributed by atoms with van der Waals surface area (Å²) >= 11 is 0. The molecule has 1 aromatic heterocycles. The molecule has 2 amide bonds. The molecule has 1 atom stereocenters. The van der Waals surface area contributed by atoms with Gasteiger partial charge in [0.05, 0.1) is 13.0 Å². The number of hydrogen-bond acceptors (Lipinski definition) is 7. The zero-order valence-electron chi connectivity index (χ0n) is 13.1. The number of cyclic esters (lactones) is 1. The lowest BCUT2D eigenvalue weighted by atomic mass is 9.98. The van der Waals surface area contributed by atoms with Crippen molar-refractivity contribution < 1.29 is 24.0 Å². The molecule has 0 radical (unpaired) electrons. The molecule has 10 nitrogen and oxygen atoms in total. The summed E-state index contributed by atoms with van der Waals surface area (Å²) < 4.78 is 10.4. The van der Waals surface area contributed by atoms with E-state index in [4.69, 9.17) is 9.47 Å². The number of fused-ring (bicyclic) bond motifs is 1. The number of nitrogens with zero attached hydrogens (tertiary/aromatic N) is 3. The average molecular weight is 336 g/mol. The molecule has 2 aliphatic heterocycles. The van der Waals surface area contributed by atoms with Crippen molar-refractivity contribution in [1.82, 2.24) is 4.98 Å². The Balaban J connectivity index is 1.76. The summed E-state index contributed by atoms with van der Waals surface area (Å²) in [5.74, 6) is 0.593. The number of amides is 2. The number of pyridine rings is 1. The highest BCUT2D eigenvalue weighted by molar-refractivity contribution is 5.95. The first-order chi connectivity index (χ1) is 11.3. The second kappa shape index (κ2) is 5.62. The van der Waals surface area contributed by atoms with Gasteiger partial charge < -0.3 is 14.8 Å². The maximum Gasteiger partial charge on any atom is 0.415 e. The number of ether oxygens (including phenoxy) is 2. The van der Waals surface area contributed by atoms with Crippen LogP contribution in [0.5, 0.6) is 5.75 Å². The van der Waals surface area contributed by atoms with Crippen LogP contribution < -0.4 is 15.0 Å². The fraction of sp³-hybridized carbons (Fsp3) is 0.500. The monoisotopic (exact) mass is 336 g/mol. The molecule has 3 heterocycles.